The summed E-state index contributed by atoms with van der Waals surface area (Å²) in [5.74, 6) is 0. The summed E-state index contributed by atoms with van der Waals surface area (Å²) in [5, 5.41) is 1.33. The van der Waals surface area contributed by atoms with Gasteiger partial charge in [-0.3, -0.25) is 4.55 Å². The molecule has 0 amide bonds. The van der Waals surface area contributed by atoms with Crippen molar-refractivity contribution in [1.82, 2.24) is 0 Å². The summed E-state index contributed by atoms with van der Waals surface area (Å²) in [7, 11) is -4.13. The van der Waals surface area contributed by atoms with E-state index in [2.05, 4.69) is 0 Å². The van der Waals surface area contributed by atoms with Crippen LogP contribution in [0.5, 0.6) is 0 Å². The molecular formula is C10H8CuO3S. The summed E-state index contributed by atoms with van der Waals surface area (Å²) < 4.78 is 31.0. The third-order valence-corrected chi connectivity index (χ3v) is 2.94. The Morgan fingerprint density at radius 1 is 0.933 bits per heavy atom. The Balaban J connectivity index is 0.00000112. The Hall–Kier alpha value is -0.871. The first kappa shape index (κ1) is 12.2. The molecule has 0 heterocycles. The Kier molecular flexibility index (Phi) is 3.52. The second-order valence-corrected chi connectivity index (χ2v) is 4.34. The van der Waals surface area contributed by atoms with Crippen molar-refractivity contribution in [3.8, 4) is 0 Å². The van der Waals surface area contributed by atoms with Crippen LogP contribution in [0.15, 0.2) is 47.4 Å². The van der Waals surface area contributed by atoms with Gasteiger partial charge in [-0.05, 0) is 11.5 Å². The molecule has 15 heavy (non-hydrogen) atoms. The van der Waals surface area contributed by atoms with Crippen LogP contribution in [0, 0.1) is 0 Å². The van der Waals surface area contributed by atoms with Crippen LogP contribution < -0.4 is 0 Å². The monoisotopic (exact) mass is 271 g/mol. The van der Waals surface area contributed by atoms with Crippen LogP contribution in [0.2, 0.25) is 0 Å². The molecule has 0 fully saturated rings. The minimum atomic E-state index is -4.13. The molecule has 0 unspecified atom stereocenters. The van der Waals surface area contributed by atoms with Gasteiger partial charge in [-0.2, -0.15) is 8.42 Å². The molecule has 5 heteroatoms. The molecule has 0 aliphatic heterocycles. The Morgan fingerprint density at radius 2 is 1.53 bits per heavy atom. The number of fused-ring (bicyclic) bond motifs is 1. The summed E-state index contributed by atoms with van der Waals surface area (Å²) in [6.45, 7) is 0. The van der Waals surface area contributed by atoms with Gasteiger partial charge in [0.1, 0.15) is 4.90 Å². The van der Waals surface area contributed by atoms with Gasteiger partial charge in [0, 0.05) is 22.5 Å². The van der Waals surface area contributed by atoms with Crippen molar-refractivity contribution in [3.63, 3.8) is 0 Å². The van der Waals surface area contributed by atoms with Crippen LogP contribution >= 0.6 is 0 Å². The van der Waals surface area contributed by atoms with Crippen molar-refractivity contribution in [3.05, 3.63) is 42.5 Å². The van der Waals surface area contributed by atoms with Gasteiger partial charge in [-0.25, -0.2) is 0 Å². The first-order valence-corrected chi connectivity index (χ1v) is 5.48. The molecule has 83 valence electrons. The molecule has 0 saturated carbocycles. The Labute approximate surface area is 98.3 Å². The number of rotatable bonds is 1. The standard InChI is InChI=1S/C10H8O3S.Cu/c11-14(12,13)10-7-3-5-8-4-1-2-6-9(8)10;/h1-7H,(H,11,12,13);. The molecule has 0 saturated heterocycles. The van der Waals surface area contributed by atoms with Gasteiger partial charge in [0.05, 0.1) is 0 Å². The summed E-state index contributed by atoms with van der Waals surface area (Å²) >= 11 is 0. The van der Waals surface area contributed by atoms with Crippen molar-refractivity contribution < 1.29 is 30.0 Å². The van der Waals surface area contributed by atoms with Crippen molar-refractivity contribution in [2.75, 3.05) is 0 Å². The zero-order valence-electron chi connectivity index (χ0n) is 7.51. The predicted octanol–water partition coefficient (Wildman–Crippen LogP) is 2.08. The normalized spacial score (nSPS) is 11.0. The maximum Gasteiger partial charge on any atom is 0.295 e. The van der Waals surface area contributed by atoms with Gasteiger partial charge in [-0.15, -0.1) is 0 Å². The largest absolute Gasteiger partial charge is 0.295 e. The molecule has 0 aliphatic rings. The average molecular weight is 272 g/mol. The van der Waals surface area contributed by atoms with Crippen LogP contribution in [-0.2, 0) is 27.2 Å². The first-order valence-electron chi connectivity index (χ1n) is 4.04. The van der Waals surface area contributed by atoms with Crippen molar-refractivity contribution in [2.24, 2.45) is 0 Å². The van der Waals surface area contributed by atoms with Gasteiger partial charge in [0.25, 0.3) is 10.1 Å². The van der Waals surface area contributed by atoms with E-state index in [1.165, 1.54) is 6.07 Å². The predicted molar refractivity (Wildman–Crippen MR) is 53.8 cm³/mol. The molecule has 2 rings (SSSR count). The third-order valence-electron chi connectivity index (χ3n) is 2.03. The van der Waals surface area contributed by atoms with Gasteiger partial charge in [0.2, 0.25) is 0 Å². The number of hydrogen-bond acceptors (Lipinski definition) is 2. The summed E-state index contributed by atoms with van der Waals surface area (Å²) in [4.78, 5) is -0.0457. The van der Waals surface area contributed by atoms with Crippen LogP contribution in [0.1, 0.15) is 0 Å². The zero-order chi connectivity index (χ0) is 10.2. The molecule has 0 atom stereocenters. The van der Waals surface area contributed by atoms with Gasteiger partial charge < -0.3 is 0 Å². The molecule has 2 aromatic rings. The van der Waals surface area contributed by atoms with E-state index in [4.69, 9.17) is 4.55 Å². The van der Waals surface area contributed by atoms with Crippen LogP contribution in [0.4, 0.5) is 0 Å². The fraction of sp³-hybridized carbons (Fsp3) is 0. The Morgan fingerprint density at radius 3 is 2.20 bits per heavy atom. The van der Waals surface area contributed by atoms with E-state index in [0.29, 0.717) is 5.39 Å². The van der Waals surface area contributed by atoms with Crippen LogP contribution in [-0.4, -0.2) is 13.0 Å². The topological polar surface area (TPSA) is 54.4 Å². The molecule has 3 nitrogen and oxygen atoms in total. The van der Waals surface area contributed by atoms with E-state index < -0.39 is 10.1 Å². The SMILES string of the molecule is O=S(=O)(O)c1cccc2ccccc12.[Cu]. The maximum absolute atomic E-state index is 11.0. The molecule has 2 aromatic carbocycles. The number of hydrogen-bond donors (Lipinski definition) is 1. The van der Waals surface area contributed by atoms with E-state index in [0.717, 1.165) is 5.39 Å². The fourth-order valence-electron chi connectivity index (χ4n) is 1.42. The molecule has 1 radical (unpaired) electrons. The van der Waals surface area contributed by atoms with Gasteiger partial charge in [0.15, 0.2) is 0 Å². The molecule has 0 aromatic heterocycles. The smallest absolute Gasteiger partial charge is 0.282 e. The fourth-order valence-corrected chi connectivity index (χ4v) is 2.13. The summed E-state index contributed by atoms with van der Waals surface area (Å²) in [6.07, 6.45) is 0. The maximum atomic E-state index is 11.0. The average Bonchev–Trinajstić information content (AvgIpc) is 2.15. The van der Waals surface area contributed by atoms with Gasteiger partial charge in [-0.1, -0.05) is 36.4 Å². The third kappa shape index (κ3) is 2.38. The molecule has 0 spiro atoms. The Bertz CT molecular complexity index is 573. The minimum absolute atomic E-state index is 0. The molecule has 0 aliphatic carbocycles. The van der Waals surface area contributed by atoms with E-state index in [1.807, 2.05) is 6.07 Å². The van der Waals surface area contributed by atoms with Crippen LogP contribution in [0.3, 0.4) is 0 Å². The van der Waals surface area contributed by atoms with Gasteiger partial charge >= 0.3 is 0 Å². The van der Waals surface area contributed by atoms with Crippen molar-refractivity contribution >= 4 is 20.9 Å². The molecule has 1 N–H and O–H groups in total. The minimum Gasteiger partial charge on any atom is -0.282 e. The van der Waals surface area contributed by atoms with E-state index >= 15 is 0 Å². The first-order chi connectivity index (χ1) is 6.59. The second-order valence-electron chi connectivity index (χ2n) is 2.95. The molecular weight excluding hydrogens is 264 g/mol. The summed E-state index contributed by atoms with van der Waals surface area (Å²) in [6, 6.07) is 11.8. The van der Waals surface area contributed by atoms with E-state index in [1.54, 1.807) is 30.3 Å². The zero-order valence-corrected chi connectivity index (χ0v) is 9.27. The summed E-state index contributed by atoms with van der Waals surface area (Å²) in [5.41, 5.74) is 0. The quantitative estimate of drug-likeness (QED) is 0.638. The molecule has 0 bridgehead atoms. The second kappa shape index (κ2) is 4.33. The van der Waals surface area contributed by atoms with E-state index in [9.17, 15) is 8.42 Å². The van der Waals surface area contributed by atoms with E-state index in [-0.39, 0.29) is 22.0 Å². The van der Waals surface area contributed by atoms with Crippen LogP contribution in [0.25, 0.3) is 10.8 Å². The van der Waals surface area contributed by atoms with Crippen molar-refractivity contribution in [2.45, 2.75) is 4.90 Å². The number of benzene rings is 2. The van der Waals surface area contributed by atoms with Crippen molar-refractivity contribution in [1.29, 1.82) is 0 Å².